The summed E-state index contributed by atoms with van der Waals surface area (Å²) in [6.45, 7) is 6.93. The Morgan fingerprint density at radius 3 is 2.66 bits per heavy atom. The highest BCUT2D eigenvalue weighted by Gasteiger charge is 2.55. The lowest BCUT2D eigenvalue weighted by Crippen LogP contribution is -2.60. The van der Waals surface area contributed by atoms with Crippen molar-refractivity contribution in [3.63, 3.8) is 0 Å². The molecule has 1 aromatic carbocycles. The van der Waals surface area contributed by atoms with E-state index in [4.69, 9.17) is 0 Å². The van der Waals surface area contributed by atoms with E-state index in [2.05, 4.69) is 29.4 Å². The molecule has 1 saturated carbocycles. The Labute approximate surface area is 175 Å². The average molecular weight is 413 g/mol. The molecular weight excluding hydrogens is 384 g/mol. The van der Waals surface area contributed by atoms with Crippen molar-refractivity contribution in [3.05, 3.63) is 40.4 Å². The number of rotatable bonds is 5. The van der Waals surface area contributed by atoms with Crippen LogP contribution in [0.1, 0.15) is 73.3 Å². The molecule has 1 aliphatic carbocycles. The molecule has 2 amide bonds. The zero-order valence-corrected chi connectivity index (χ0v) is 18.1. The molecule has 1 aliphatic heterocycles. The van der Waals surface area contributed by atoms with Gasteiger partial charge in [0.05, 0.1) is 11.5 Å². The van der Waals surface area contributed by atoms with Crippen molar-refractivity contribution < 1.29 is 9.59 Å². The first-order valence-electron chi connectivity index (χ1n) is 10.5. The molecule has 1 atom stereocenters. The van der Waals surface area contributed by atoms with Gasteiger partial charge in [0, 0.05) is 12.1 Å². The first-order valence-corrected chi connectivity index (χ1v) is 11.3. The summed E-state index contributed by atoms with van der Waals surface area (Å²) >= 11 is 1.41. The minimum atomic E-state index is -0.460. The summed E-state index contributed by atoms with van der Waals surface area (Å²) in [7, 11) is 0. The number of aryl methyl sites for hydroxylation is 1. The summed E-state index contributed by atoms with van der Waals surface area (Å²) in [5.41, 5.74) is 1.03. The number of carbonyl (C=O) groups is 2. The van der Waals surface area contributed by atoms with E-state index < -0.39 is 11.5 Å². The van der Waals surface area contributed by atoms with Crippen molar-refractivity contribution in [3.8, 4) is 0 Å². The molecule has 7 heteroatoms. The third-order valence-electron chi connectivity index (χ3n) is 6.10. The molecule has 1 aromatic heterocycles. The molecule has 0 saturated heterocycles. The highest BCUT2D eigenvalue weighted by Crippen LogP contribution is 2.50. The van der Waals surface area contributed by atoms with Gasteiger partial charge in [0.15, 0.2) is 0 Å². The number of amides is 2. The second-order valence-corrected chi connectivity index (χ2v) is 9.55. The predicted octanol–water partition coefficient (Wildman–Crippen LogP) is 4.25. The molecule has 1 fully saturated rings. The van der Waals surface area contributed by atoms with Gasteiger partial charge in [-0.05, 0) is 36.8 Å². The largest absolute Gasteiger partial charge is 0.332 e. The van der Waals surface area contributed by atoms with Crippen LogP contribution in [-0.4, -0.2) is 39.0 Å². The summed E-state index contributed by atoms with van der Waals surface area (Å²) in [4.78, 5) is 29.1. The lowest BCUT2D eigenvalue weighted by Gasteiger charge is -2.50. The van der Waals surface area contributed by atoms with E-state index in [-0.39, 0.29) is 11.8 Å². The zero-order valence-electron chi connectivity index (χ0n) is 17.3. The SMILES string of the molecule is CCc1nnc(NC(=O)[C@@H]2c3ccccc3C(=O)N(CC(C)C)C23CCCC3)s1. The Hall–Kier alpha value is -2.28. The van der Waals surface area contributed by atoms with Gasteiger partial charge in [-0.1, -0.05) is 63.1 Å². The van der Waals surface area contributed by atoms with Gasteiger partial charge in [0.1, 0.15) is 5.01 Å². The summed E-state index contributed by atoms with van der Waals surface area (Å²) in [5, 5.41) is 12.7. The van der Waals surface area contributed by atoms with Gasteiger partial charge < -0.3 is 4.90 Å². The second-order valence-electron chi connectivity index (χ2n) is 8.48. The predicted molar refractivity (Wildman–Crippen MR) is 114 cm³/mol. The van der Waals surface area contributed by atoms with Gasteiger partial charge in [-0.25, -0.2) is 0 Å². The van der Waals surface area contributed by atoms with Crippen LogP contribution in [0.25, 0.3) is 0 Å². The molecule has 1 N–H and O–H groups in total. The summed E-state index contributed by atoms with van der Waals surface area (Å²) in [6.07, 6.45) is 4.57. The number of benzene rings is 1. The number of carbonyl (C=O) groups excluding carboxylic acids is 2. The monoisotopic (exact) mass is 412 g/mol. The molecule has 0 bridgehead atoms. The third kappa shape index (κ3) is 3.45. The number of hydrogen-bond acceptors (Lipinski definition) is 5. The van der Waals surface area contributed by atoms with Gasteiger partial charge in [-0.15, -0.1) is 10.2 Å². The summed E-state index contributed by atoms with van der Waals surface area (Å²) < 4.78 is 0. The second kappa shape index (κ2) is 7.86. The summed E-state index contributed by atoms with van der Waals surface area (Å²) in [5.74, 6) is -0.0869. The third-order valence-corrected chi connectivity index (χ3v) is 7.08. The number of hydrogen-bond donors (Lipinski definition) is 1. The minimum Gasteiger partial charge on any atom is -0.332 e. The molecule has 4 rings (SSSR count). The van der Waals surface area contributed by atoms with Crippen LogP contribution in [0.3, 0.4) is 0 Å². The molecule has 2 heterocycles. The van der Waals surface area contributed by atoms with E-state index in [0.717, 1.165) is 42.7 Å². The number of anilines is 1. The van der Waals surface area contributed by atoms with Crippen molar-refractivity contribution in [2.24, 2.45) is 5.92 Å². The highest BCUT2D eigenvalue weighted by atomic mass is 32.1. The Morgan fingerprint density at radius 2 is 2.00 bits per heavy atom. The lowest BCUT2D eigenvalue weighted by atomic mass is 9.70. The lowest BCUT2D eigenvalue weighted by molar-refractivity contribution is -0.121. The van der Waals surface area contributed by atoms with E-state index in [9.17, 15) is 9.59 Å². The fraction of sp³-hybridized carbons (Fsp3) is 0.545. The Morgan fingerprint density at radius 1 is 1.28 bits per heavy atom. The van der Waals surface area contributed by atoms with Crippen LogP contribution in [0.15, 0.2) is 24.3 Å². The van der Waals surface area contributed by atoms with E-state index in [1.165, 1.54) is 11.3 Å². The number of nitrogens with zero attached hydrogens (tertiary/aromatic N) is 3. The van der Waals surface area contributed by atoms with E-state index in [1.807, 2.05) is 36.1 Å². The van der Waals surface area contributed by atoms with Crippen LogP contribution in [0.5, 0.6) is 0 Å². The maximum atomic E-state index is 13.6. The standard InChI is InChI=1S/C22H28N4O2S/c1-4-17-24-25-21(29-17)23-19(27)18-15-9-5-6-10-16(15)20(28)26(13-14(2)3)22(18)11-7-8-12-22/h5-6,9-10,14,18H,4,7-8,11-13H2,1-3H3,(H,23,25,27)/t18-/m0/s1. The minimum absolute atomic E-state index is 0.0597. The normalized spacial score (nSPS) is 20.3. The van der Waals surface area contributed by atoms with Crippen LogP contribution >= 0.6 is 11.3 Å². The van der Waals surface area contributed by atoms with E-state index in [1.54, 1.807) is 0 Å². The molecule has 6 nitrogen and oxygen atoms in total. The van der Waals surface area contributed by atoms with Gasteiger partial charge in [0.2, 0.25) is 11.0 Å². The van der Waals surface area contributed by atoms with Gasteiger partial charge in [0.25, 0.3) is 5.91 Å². The van der Waals surface area contributed by atoms with Crippen molar-refractivity contribution >= 4 is 28.3 Å². The molecular formula is C22H28N4O2S. The molecule has 0 radical (unpaired) electrons. The quantitative estimate of drug-likeness (QED) is 0.797. The van der Waals surface area contributed by atoms with Crippen molar-refractivity contribution in [2.45, 2.75) is 64.3 Å². The van der Waals surface area contributed by atoms with Gasteiger partial charge in [-0.3, -0.25) is 14.9 Å². The maximum absolute atomic E-state index is 13.6. The Balaban J connectivity index is 1.78. The molecule has 1 spiro atoms. The molecule has 0 unspecified atom stereocenters. The molecule has 29 heavy (non-hydrogen) atoms. The smallest absolute Gasteiger partial charge is 0.254 e. The number of aromatic nitrogens is 2. The van der Waals surface area contributed by atoms with Crippen molar-refractivity contribution in [2.75, 3.05) is 11.9 Å². The van der Waals surface area contributed by atoms with Crippen LogP contribution < -0.4 is 5.32 Å². The average Bonchev–Trinajstić information content (AvgIpc) is 3.35. The highest BCUT2D eigenvalue weighted by molar-refractivity contribution is 7.15. The number of fused-ring (bicyclic) bond motifs is 1. The maximum Gasteiger partial charge on any atom is 0.254 e. The zero-order chi connectivity index (χ0) is 20.6. The fourth-order valence-electron chi connectivity index (χ4n) is 4.92. The van der Waals surface area contributed by atoms with Crippen LogP contribution in [0, 0.1) is 5.92 Å². The topological polar surface area (TPSA) is 75.2 Å². The molecule has 2 aliphatic rings. The van der Waals surface area contributed by atoms with Crippen LogP contribution in [0.4, 0.5) is 5.13 Å². The first kappa shape index (κ1) is 20.0. The molecule has 2 aromatic rings. The number of nitrogens with one attached hydrogen (secondary N) is 1. The van der Waals surface area contributed by atoms with Gasteiger partial charge >= 0.3 is 0 Å². The van der Waals surface area contributed by atoms with Crippen LogP contribution in [-0.2, 0) is 11.2 Å². The van der Waals surface area contributed by atoms with Crippen LogP contribution in [0.2, 0.25) is 0 Å². The first-order chi connectivity index (χ1) is 14.0. The van der Waals surface area contributed by atoms with Crippen molar-refractivity contribution in [1.82, 2.24) is 15.1 Å². The summed E-state index contributed by atoms with van der Waals surface area (Å²) in [6, 6.07) is 7.60. The fourth-order valence-corrected chi connectivity index (χ4v) is 5.60. The van der Waals surface area contributed by atoms with Gasteiger partial charge in [-0.2, -0.15) is 0 Å². The molecule has 154 valence electrons. The Kier molecular flexibility index (Phi) is 5.42. The van der Waals surface area contributed by atoms with E-state index >= 15 is 0 Å². The van der Waals surface area contributed by atoms with E-state index in [0.29, 0.717) is 23.2 Å². The Bertz CT molecular complexity index is 917. The van der Waals surface area contributed by atoms with Crippen molar-refractivity contribution in [1.29, 1.82) is 0 Å².